The normalized spacial score (nSPS) is 10.1. The van der Waals surface area contributed by atoms with Crippen LogP contribution < -0.4 is 9.47 Å². The molecule has 1 aromatic rings. The van der Waals surface area contributed by atoms with E-state index in [2.05, 4.69) is 13.0 Å². The monoisotopic (exact) mass is 226 g/mol. The van der Waals surface area contributed by atoms with Gasteiger partial charge in [0, 0.05) is 4.90 Å². The van der Waals surface area contributed by atoms with Crippen LogP contribution in [0.25, 0.3) is 0 Å². The van der Waals surface area contributed by atoms with E-state index in [1.54, 1.807) is 11.8 Å². The van der Waals surface area contributed by atoms with Gasteiger partial charge in [0.05, 0.1) is 13.2 Å². The van der Waals surface area contributed by atoms with Gasteiger partial charge in [-0.2, -0.15) is 0 Å². The maximum absolute atomic E-state index is 5.54. The lowest BCUT2D eigenvalue weighted by atomic mass is 10.3. The molecule has 0 heterocycles. The second-order valence-corrected chi connectivity index (χ2v) is 4.25. The summed E-state index contributed by atoms with van der Waals surface area (Å²) in [6.07, 6.45) is 0. The van der Waals surface area contributed by atoms with Gasteiger partial charge in [0.25, 0.3) is 0 Å². The Balaban J connectivity index is 2.87. The van der Waals surface area contributed by atoms with Gasteiger partial charge in [-0.15, -0.1) is 11.8 Å². The average Bonchev–Trinajstić information content (AvgIpc) is 2.23. The first-order valence-electron chi connectivity index (χ1n) is 5.34. The lowest BCUT2D eigenvalue weighted by Gasteiger charge is -2.11. The van der Waals surface area contributed by atoms with Gasteiger partial charge in [-0.3, -0.25) is 0 Å². The van der Waals surface area contributed by atoms with E-state index in [9.17, 15) is 0 Å². The Kier molecular flexibility index (Phi) is 5.40. The highest BCUT2D eigenvalue weighted by atomic mass is 32.2. The number of hydrogen-bond acceptors (Lipinski definition) is 3. The molecule has 0 aliphatic rings. The van der Waals surface area contributed by atoms with Crippen LogP contribution in [0.2, 0.25) is 0 Å². The van der Waals surface area contributed by atoms with Crippen LogP contribution in [0, 0.1) is 0 Å². The number of rotatable bonds is 6. The van der Waals surface area contributed by atoms with Gasteiger partial charge in [0.2, 0.25) is 0 Å². The molecule has 0 saturated carbocycles. The van der Waals surface area contributed by atoms with E-state index >= 15 is 0 Å². The van der Waals surface area contributed by atoms with Crippen molar-refractivity contribution in [2.75, 3.05) is 19.0 Å². The summed E-state index contributed by atoms with van der Waals surface area (Å²) in [6.45, 7) is 7.43. The molecule has 0 fully saturated rings. The minimum absolute atomic E-state index is 0.667. The second kappa shape index (κ2) is 6.62. The van der Waals surface area contributed by atoms with E-state index < -0.39 is 0 Å². The molecule has 0 unspecified atom stereocenters. The van der Waals surface area contributed by atoms with Gasteiger partial charge in [0.15, 0.2) is 11.5 Å². The molecule has 0 radical (unpaired) electrons. The lowest BCUT2D eigenvalue weighted by Crippen LogP contribution is -1.98. The Morgan fingerprint density at radius 3 is 2.27 bits per heavy atom. The third-order valence-electron chi connectivity index (χ3n) is 1.83. The van der Waals surface area contributed by atoms with E-state index in [1.807, 2.05) is 26.0 Å². The van der Waals surface area contributed by atoms with Crippen LogP contribution in [0.4, 0.5) is 0 Å². The summed E-state index contributed by atoms with van der Waals surface area (Å²) >= 11 is 1.81. The minimum Gasteiger partial charge on any atom is -0.490 e. The van der Waals surface area contributed by atoms with Gasteiger partial charge < -0.3 is 9.47 Å². The summed E-state index contributed by atoms with van der Waals surface area (Å²) in [5.74, 6) is 2.75. The molecule has 1 aromatic carbocycles. The van der Waals surface area contributed by atoms with Crippen molar-refractivity contribution in [3.63, 3.8) is 0 Å². The van der Waals surface area contributed by atoms with Gasteiger partial charge >= 0.3 is 0 Å². The number of thioether (sulfide) groups is 1. The molecule has 15 heavy (non-hydrogen) atoms. The Labute approximate surface area is 96.0 Å². The van der Waals surface area contributed by atoms with Gasteiger partial charge in [-0.1, -0.05) is 6.92 Å². The lowest BCUT2D eigenvalue weighted by molar-refractivity contribution is 0.287. The van der Waals surface area contributed by atoms with Crippen molar-refractivity contribution in [2.24, 2.45) is 0 Å². The molecule has 3 heteroatoms. The zero-order chi connectivity index (χ0) is 11.1. The molecule has 0 aliphatic carbocycles. The van der Waals surface area contributed by atoms with Crippen LogP contribution in [-0.2, 0) is 0 Å². The number of ether oxygens (including phenoxy) is 2. The molecule has 0 N–H and O–H groups in total. The molecular formula is C12H18O2S. The highest BCUT2D eigenvalue weighted by Gasteiger charge is 2.05. The highest BCUT2D eigenvalue weighted by Crippen LogP contribution is 2.32. The fourth-order valence-electron chi connectivity index (χ4n) is 1.29. The fourth-order valence-corrected chi connectivity index (χ4v) is 1.98. The quantitative estimate of drug-likeness (QED) is 0.691. The molecule has 0 amide bonds. The smallest absolute Gasteiger partial charge is 0.162 e. The topological polar surface area (TPSA) is 18.5 Å². The van der Waals surface area contributed by atoms with Crippen LogP contribution in [0.1, 0.15) is 20.8 Å². The Morgan fingerprint density at radius 1 is 1.00 bits per heavy atom. The van der Waals surface area contributed by atoms with Crippen molar-refractivity contribution in [2.45, 2.75) is 25.7 Å². The first kappa shape index (κ1) is 12.2. The molecule has 0 aromatic heterocycles. The molecule has 2 nitrogen and oxygen atoms in total. The maximum atomic E-state index is 5.54. The molecule has 0 spiro atoms. The van der Waals surface area contributed by atoms with E-state index in [0.717, 1.165) is 17.3 Å². The number of hydrogen-bond donors (Lipinski definition) is 0. The minimum atomic E-state index is 0.667. The first-order valence-corrected chi connectivity index (χ1v) is 6.32. The molecule has 84 valence electrons. The van der Waals surface area contributed by atoms with Gasteiger partial charge in [-0.05, 0) is 37.8 Å². The summed E-state index contributed by atoms with van der Waals surface area (Å²) in [4.78, 5) is 1.23. The molecule has 0 bridgehead atoms. The Hall–Kier alpha value is -0.830. The predicted molar refractivity (Wildman–Crippen MR) is 65.2 cm³/mol. The Bertz CT molecular complexity index is 300. The summed E-state index contributed by atoms with van der Waals surface area (Å²) in [5, 5.41) is 0. The van der Waals surface area contributed by atoms with Crippen LogP contribution >= 0.6 is 11.8 Å². The summed E-state index contributed by atoms with van der Waals surface area (Å²) in [5.41, 5.74) is 0. The molecular weight excluding hydrogens is 208 g/mol. The van der Waals surface area contributed by atoms with E-state index in [4.69, 9.17) is 9.47 Å². The zero-order valence-corrected chi connectivity index (χ0v) is 10.4. The standard InChI is InChI=1S/C12H18O2S/c1-4-13-11-8-7-10(15-6-3)9-12(11)14-5-2/h7-9H,4-6H2,1-3H3. The third kappa shape index (κ3) is 3.67. The molecule has 0 atom stereocenters. The third-order valence-corrected chi connectivity index (χ3v) is 2.70. The molecule has 0 aliphatic heterocycles. The van der Waals surface area contributed by atoms with E-state index in [-0.39, 0.29) is 0 Å². The van der Waals surface area contributed by atoms with Gasteiger partial charge in [-0.25, -0.2) is 0 Å². The van der Waals surface area contributed by atoms with Crippen molar-refractivity contribution >= 4 is 11.8 Å². The molecule has 1 rings (SSSR count). The largest absolute Gasteiger partial charge is 0.490 e. The maximum Gasteiger partial charge on any atom is 0.162 e. The van der Waals surface area contributed by atoms with Crippen LogP contribution in [0.5, 0.6) is 11.5 Å². The average molecular weight is 226 g/mol. The van der Waals surface area contributed by atoms with Gasteiger partial charge in [0.1, 0.15) is 0 Å². The second-order valence-electron chi connectivity index (χ2n) is 2.91. The Morgan fingerprint density at radius 2 is 1.67 bits per heavy atom. The summed E-state index contributed by atoms with van der Waals surface area (Å²) < 4.78 is 11.0. The summed E-state index contributed by atoms with van der Waals surface area (Å²) in [6, 6.07) is 6.09. The van der Waals surface area contributed by atoms with E-state index in [0.29, 0.717) is 13.2 Å². The van der Waals surface area contributed by atoms with Crippen molar-refractivity contribution in [1.29, 1.82) is 0 Å². The van der Waals surface area contributed by atoms with Crippen molar-refractivity contribution in [3.05, 3.63) is 18.2 Å². The van der Waals surface area contributed by atoms with Crippen LogP contribution in [0.3, 0.4) is 0 Å². The van der Waals surface area contributed by atoms with Crippen molar-refractivity contribution in [1.82, 2.24) is 0 Å². The van der Waals surface area contributed by atoms with Crippen LogP contribution in [0.15, 0.2) is 23.1 Å². The predicted octanol–water partition coefficient (Wildman–Crippen LogP) is 3.60. The number of benzene rings is 1. The first-order chi connectivity index (χ1) is 7.31. The van der Waals surface area contributed by atoms with Crippen molar-refractivity contribution < 1.29 is 9.47 Å². The van der Waals surface area contributed by atoms with Crippen LogP contribution in [-0.4, -0.2) is 19.0 Å². The molecule has 0 saturated heterocycles. The van der Waals surface area contributed by atoms with E-state index in [1.165, 1.54) is 4.90 Å². The SMILES string of the molecule is CCOc1ccc(SCC)cc1OCC. The van der Waals surface area contributed by atoms with Crippen molar-refractivity contribution in [3.8, 4) is 11.5 Å². The zero-order valence-electron chi connectivity index (χ0n) is 9.58. The fraction of sp³-hybridized carbons (Fsp3) is 0.500. The highest BCUT2D eigenvalue weighted by molar-refractivity contribution is 7.99. The summed E-state index contributed by atoms with van der Waals surface area (Å²) in [7, 11) is 0.